The van der Waals surface area contributed by atoms with E-state index in [2.05, 4.69) is 16.3 Å². The number of rotatable bonds is 3. The van der Waals surface area contributed by atoms with Crippen molar-refractivity contribution >= 4 is 17.3 Å². The Kier molecular flexibility index (Phi) is 4.22. The molecule has 3 aromatic rings. The van der Waals surface area contributed by atoms with E-state index in [1.165, 1.54) is 12.1 Å². The molecule has 0 radical (unpaired) electrons. The minimum atomic E-state index is -0.519. The molecule has 0 spiro atoms. The van der Waals surface area contributed by atoms with Crippen LogP contribution in [0.1, 0.15) is 17.0 Å². The number of hydrogen-bond acceptors (Lipinski definition) is 6. The van der Waals surface area contributed by atoms with E-state index in [4.69, 9.17) is 22.1 Å². The fourth-order valence-electron chi connectivity index (χ4n) is 3.20. The third-order valence-electron chi connectivity index (χ3n) is 4.51. The largest absolute Gasteiger partial charge is 0.420 e. The number of benzene rings is 2. The molecule has 2 heterocycles. The number of nitriles is 1. The van der Waals surface area contributed by atoms with Crippen LogP contribution in [0.3, 0.4) is 0 Å². The topological polar surface area (TPSA) is 131 Å². The summed E-state index contributed by atoms with van der Waals surface area (Å²) in [5.41, 5.74) is 8.84. The van der Waals surface area contributed by atoms with Gasteiger partial charge in [-0.2, -0.15) is 5.26 Å². The number of nitro benzene ring substituents is 1. The van der Waals surface area contributed by atoms with Gasteiger partial charge in [-0.25, -0.2) is 0 Å². The van der Waals surface area contributed by atoms with Crippen LogP contribution in [-0.2, 0) is 0 Å². The fourth-order valence-corrected chi connectivity index (χ4v) is 3.33. The smallest absolute Gasteiger partial charge is 0.269 e. The van der Waals surface area contributed by atoms with Crippen molar-refractivity contribution in [2.75, 3.05) is 0 Å². The van der Waals surface area contributed by atoms with Crippen LogP contribution < -0.4 is 10.5 Å². The van der Waals surface area contributed by atoms with Gasteiger partial charge in [-0.3, -0.25) is 15.2 Å². The Bertz CT molecular complexity index is 1140. The predicted octanol–water partition coefficient (Wildman–Crippen LogP) is 3.86. The molecule has 138 valence electrons. The van der Waals surface area contributed by atoms with Crippen molar-refractivity contribution < 1.29 is 9.66 Å². The van der Waals surface area contributed by atoms with Crippen molar-refractivity contribution in [2.24, 2.45) is 5.73 Å². The number of halogens is 1. The first-order valence-electron chi connectivity index (χ1n) is 8.15. The third-order valence-corrected chi connectivity index (χ3v) is 4.76. The summed E-state index contributed by atoms with van der Waals surface area (Å²) in [5.74, 6) is -0.281. The molecular formula is C19H12ClN5O3. The highest BCUT2D eigenvalue weighted by Gasteiger charge is 2.35. The average molecular weight is 394 g/mol. The Labute approximate surface area is 164 Å². The van der Waals surface area contributed by atoms with E-state index in [0.29, 0.717) is 21.8 Å². The van der Waals surface area contributed by atoms with Crippen LogP contribution >= 0.6 is 11.6 Å². The number of nitro groups is 1. The average Bonchev–Trinajstić information content (AvgIpc) is 3.11. The van der Waals surface area contributed by atoms with Gasteiger partial charge in [0.2, 0.25) is 11.8 Å². The summed E-state index contributed by atoms with van der Waals surface area (Å²) in [6.07, 6.45) is 0. The van der Waals surface area contributed by atoms with E-state index >= 15 is 0 Å². The second-order valence-corrected chi connectivity index (χ2v) is 6.53. The Balaban J connectivity index is 1.89. The van der Waals surface area contributed by atoms with E-state index in [0.717, 1.165) is 5.56 Å². The fraction of sp³-hybridized carbons (Fsp3) is 0.0526. The normalized spacial score (nSPS) is 15.5. The molecule has 9 heteroatoms. The van der Waals surface area contributed by atoms with Crippen LogP contribution in [0.5, 0.6) is 5.88 Å². The van der Waals surface area contributed by atoms with E-state index < -0.39 is 10.8 Å². The lowest BCUT2D eigenvalue weighted by atomic mass is 9.83. The van der Waals surface area contributed by atoms with Gasteiger partial charge in [0.05, 0.1) is 22.1 Å². The van der Waals surface area contributed by atoms with Crippen LogP contribution in [0, 0.1) is 21.4 Å². The molecule has 3 N–H and O–H groups in total. The number of non-ortho nitro benzene ring substituents is 1. The SMILES string of the molecule is N#CC1=C(N)Oc2n[nH]c(-c3ccc([N+](=O)[O-])cc3)c2[C@H]1c1ccc(Cl)cc1. The van der Waals surface area contributed by atoms with E-state index in [1.54, 1.807) is 36.4 Å². The van der Waals surface area contributed by atoms with Gasteiger partial charge in [0.25, 0.3) is 5.69 Å². The first-order chi connectivity index (χ1) is 13.5. The number of aromatic amines is 1. The lowest BCUT2D eigenvalue weighted by molar-refractivity contribution is -0.384. The molecule has 1 aliphatic rings. The van der Waals surface area contributed by atoms with Crippen molar-refractivity contribution in [3.8, 4) is 23.2 Å². The van der Waals surface area contributed by atoms with Gasteiger partial charge in [-0.05, 0) is 29.8 Å². The number of aromatic nitrogens is 2. The van der Waals surface area contributed by atoms with Gasteiger partial charge < -0.3 is 10.5 Å². The zero-order valence-corrected chi connectivity index (χ0v) is 15.0. The summed E-state index contributed by atoms with van der Waals surface area (Å²) in [7, 11) is 0. The van der Waals surface area contributed by atoms with Crippen LogP contribution in [0.25, 0.3) is 11.3 Å². The zero-order chi connectivity index (χ0) is 19.8. The highest BCUT2D eigenvalue weighted by molar-refractivity contribution is 6.30. The number of ether oxygens (including phenoxy) is 1. The lowest BCUT2D eigenvalue weighted by Crippen LogP contribution is -2.20. The monoisotopic (exact) mass is 393 g/mol. The number of allylic oxidation sites excluding steroid dienone is 1. The number of nitrogens with two attached hydrogens (primary N) is 1. The minimum absolute atomic E-state index is 0.0169. The van der Waals surface area contributed by atoms with Crippen LogP contribution in [0.15, 0.2) is 60.0 Å². The van der Waals surface area contributed by atoms with Gasteiger partial charge in [-0.15, -0.1) is 5.10 Å². The summed E-state index contributed by atoms with van der Waals surface area (Å²) < 4.78 is 5.53. The van der Waals surface area contributed by atoms with Crippen molar-refractivity contribution in [2.45, 2.75) is 5.92 Å². The summed E-state index contributed by atoms with van der Waals surface area (Å²) in [4.78, 5) is 10.4. The molecule has 0 saturated heterocycles. The molecule has 0 aliphatic carbocycles. The van der Waals surface area contributed by atoms with Gasteiger partial charge in [-0.1, -0.05) is 23.7 Å². The lowest BCUT2D eigenvalue weighted by Gasteiger charge is -2.24. The van der Waals surface area contributed by atoms with E-state index in [9.17, 15) is 15.4 Å². The highest BCUT2D eigenvalue weighted by atomic mass is 35.5. The van der Waals surface area contributed by atoms with Gasteiger partial charge >= 0.3 is 0 Å². The number of nitrogens with zero attached hydrogens (tertiary/aromatic N) is 3. The number of H-pyrrole nitrogens is 1. The zero-order valence-electron chi connectivity index (χ0n) is 14.2. The molecule has 1 aliphatic heterocycles. The number of nitrogens with one attached hydrogen (secondary N) is 1. The predicted molar refractivity (Wildman–Crippen MR) is 101 cm³/mol. The second kappa shape index (κ2) is 6.72. The molecule has 28 heavy (non-hydrogen) atoms. The first kappa shape index (κ1) is 17.6. The van der Waals surface area contributed by atoms with E-state index in [-0.39, 0.29) is 23.0 Å². The van der Waals surface area contributed by atoms with Crippen molar-refractivity contribution in [1.29, 1.82) is 5.26 Å². The molecule has 0 amide bonds. The van der Waals surface area contributed by atoms with Crippen molar-refractivity contribution in [3.05, 3.63) is 86.3 Å². The Morgan fingerprint density at radius 3 is 2.50 bits per heavy atom. The molecule has 1 aromatic heterocycles. The van der Waals surface area contributed by atoms with Gasteiger partial charge in [0.15, 0.2) is 0 Å². The first-order valence-corrected chi connectivity index (χ1v) is 8.53. The summed E-state index contributed by atoms with van der Waals surface area (Å²) in [6.45, 7) is 0. The van der Waals surface area contributed by atoms with E-state index in [1.807, 2.05) is 0 Å². The van der Waals surface area contributed by atoms with Crippen LogP contribution in [0.4, 0.5) is 5.69 Å². The maximum absolute atomic E-state index is 10.9. The molecule has 8 nitrogen and oxygen atoms in total. The second-order valence-electron chi connectivity index (χ2n) is 6.10. The van der Waals surface area contributed by atoms with Crippen molar-refractivity contribution in [3.63, 3.8) is 0 Å². The van der Waals surface area contributed by atoms with Gasteiger partial charge in [0, 0.05) is 22.7 Å². The van der Waals surface area contributed by atoms with Crippen LogP contribution in [-0.4, -0.2) is 15.1 Å². The molecular weight excluding hydrogens is 382 g/mol. The number of hydrogen-bond donors (Lipinski definition) is 2. The summed E-state index contributed by atoms with van der Waals surface area (Å²) in [5, 5.41) is 28.2. The molecule has 0 saturated carbocycles. The minimum Gasteiger partial charge on any atom is -0.420 e. The maximum Gasteiger partial charge on any atom is 0.269 e. The number of fused-ring (bicyclic) bond motifs is 1. The quantitative estimate of drug-likeness (QED) is 0.513. The Morgan fingerprint density at radius 1 is 1.21 bits per heavy atom. The van der Waals surface area contributed by atoms with Gasteiger partial charge in [0.1, 0.15) is 11.6 Å². The molecule has 1 atom stereocenters. The summed E-state index contributed by atoms with van der Waals surface area (Å²) in [6, 6.07) is 15.2. The Hall–Kier alpha value is -3.83. The maximum atomic E-state index is 10.9. The molecule has 0 fully saturated rings. The highest BCUT2D eigenvalue weighted by Crippen LogP contribution is 2.45. The molecule has 4 rings (SSSR count). The summed E-state index contributed by atoms with van der Waals surface area (Å²) >= 11 is 6.00. The van der Waals surface area contributed by atoms with Crippen molar-refractivity contribution in [1.82, 2.24) is 10.2 Å². The van der Waals surface area contributed by atoms with Crippen LogP contribution in [0.2, 0.25) is 5.02 Å². The Morgan fingerprint density at radius 2 is 1.89 bits per heavy atom. The molecule has 0 bridgehead atoms. The third kappa shape index (κ3) is 2.84. The standard InChI is InChI=1S/C19H12ClN5O3/c20-12-5-1-10(2-6-12)15-14(9-21)18(22)28-19-16(15)17(23-24-19)11-3-7-13(8-4-11)25(26)27/h1-8,15H,22H2,(H,23,24)/t15-/m0/s1. The molecule has 2 aromatic carbocycles. The molecule has 0 unspecified atom stereocenters.